The van der Waals surface area contributed by atoms with Crippen LogP contribution in [0.3, 0.4) is 0 Å². The zero-order valence-corrected chi connectivity index (χ0v) is 5.17. The molecule has 1 unspecified atom stereocenters. The lowest BCUT2D eigenvalue weighted by molar-refractivity contribution is 0.777. The lowest BCUT2D eigenvalue weighted by atomic mass is 10.2. The minimum absolute atomic E-state index is 0.476. The molecule has 1 aliphatic heterocycles. The number of allylic oxidation sites excluding steroid dienone is 1. The van der Waals surface area contributed by atoms with Crippen molar-refractivity contribution < 1.29 is 0 Å². The number of hydrogen-bond donors (Lipinski definition) is 0. The van der Waals surface area contributed by atoms with Crippen LogP contribution in [0.5, 0.6) is 0 Å². The van der Waals surface area contributed by atoms with E-state index in [1.807, 2.05) is 6.21 Å². The minimum Gasteiger partial charge on any atom is -0.290 e. The van der Waals surface area contributed by atoms with Crippen LogP contribution in [-0.4, -0.2) is 12.3 Å². The maximum atomic E-state index is 4.24. The molecule has 0 bridgehead atoms. The highest BCUT2D eigenvalue weighted by Crippen LogP contribution is 2.03. The van der Waals surface area contributed by atoms with Crippen molar-refractivity contribution in [3.63, 3.8) is 0 Å². The zero-order valence-electron chi connectivity index (χ0n) is 5.17. The van der Waals surface area contributed by atoms with Crippen molar-refractivity contribution in [2.75, 3.05) is 0 Å². The Hall–Kier alpha value is -0.590. The maximum Gasteiger partial charge on any atom is 0.0673 e. The van der Waals surface area contributed by atoms with Crippen LogP contribution in [0.2, 0.25) is 0 Å². The van der Waals surface area contributed by atoms with Gasteiger partial charge in [-0.3, -0.25) is 4.99 Å². The molecule has 0 N–H and O–H groups in total. The third kappa shape index (κ3) is 1.19. The van der Waals surface area contributed by atoms with Crippen molar-refractivity contribution in [1.82, 2.24) is 0 Å². The molecule has 0 fully saturated rings. The van der Waals surface area contributed by atoms with Gasteiger partial charge in [0.1, 0.15) is 0 Å². The molecule has 1 rings (SSSR count). The van der Waals surface area contributed by atoms with Crippen molar-refractivity contribution >= 4 is 6.21 Å². The van der Waals surface area contributed by atoms with Gasteiger partial charge in [0, 0.05) is 12.6 Å². The smallest absolute Gasteiger partial charge is 0.0673 e. The van der Waals surface area contributed by atoms with Gasteiger partial charge in [-0.1, -0.05) is 19.1 Å². The molecule has 0 aromatic rings. The first-order valence-corrected chi connectivity index (χ1v) is 3.11. The van der Waals surface area contributed by atoms with Crippen LogP contribution in [-0.2, 0) is 0 Å². The molecular weight excluding hydrogens is 98.1 g/mol. The van der Waals surface area contributed by atoms with Gasteiger partial charge in [0.05, 0.1) is 6.04 Å². The van der Waals surface area contributed by atoms with E-state index in [2.05, 4.69) is 24.1 Å². The normalized spacial score (nSPS) is 26.4. The molecule has 44 valence electrons. The van der Waals surface area contributed by atoms with Gasteiger partial charge >= 0.3 is 0 Å². The number of rotatable bonds is 1. The molecule has 1 aliphatic rings. The maximum absolute atomic E-state index is 4.24. The first-order valence-electron chi connectivity index (χ1n) is 3.11. The monoisotopic (exact) mass is 109 g/mol. The quantitative estimate of drug-likeness (QED) is 0.455. The molecule has 0 spiro atoms. The molecule has 0 aliphatic carbocycles. The minimum atomic E-state index is 0.476. The van der Waals surface area contributed by atoms with Crippen molar-refractivity contribution in [2.45, 2.75) is 25.8 Å². The van der Waals surface area contributed by atoms with Gasteiger partial charge in [0.15, 0.2) is 0 Å². The first kappa shape index (κ1) is 5.54. The Labute approximate surface area is 50.1 Å². The van der Waals surface area contributed by atoms with Crippen molar-refractivity contribution in [2.24, 2.45) is 4.99 Å². The lowest BCUT2D eigenvalue weighted by Crippen LogP contribution is -2.00. The summed E-state index contributed by atoms with van der Waals surface area (Å²) in [6.45, 7) is 2.15. The van der Waals surface area contributed by atoms with Crippen LogP contribution in [0, 0.1) is 0 Å². The van der Waals surface area contributed by atoms with E-state index >= 15 is 0 Å². The summed E-state index contributed by atoms with van der Waals surface area (Å²) in [5, 5.41) is 0. The van der Waals surface area contributed by atoms with E-state index in [-0.39, 0.29) is 0 Å². The predicted molar refractivity (Wildman–Crippen MR) is 36.3 cm³/mol. The van der Waals surface area contributed by atoms with Gasteiger partial charge < -0.3 is 0 Å². The molecule has 0 saturated heterocycles. The van der Waals surface area contributed by atoms with E-state index in [1.165, 1.54) is 0 Å². The van der Waals surface area contributed by atoms with Gasteiger partial charge in [-0.05, 0) is 6.42 Å². The van der Waals surface area contributed by atoms with Gasteiger partial charge in [-0.2, -0.15) is 0 Å². The Kier molecular flexibility index (Phi) is 1.84. The zero-order chi connectivity index (χ0) is 5.82. The summed E-state index contributed by atoms with van der Waals surface area (Å²) in [6, 6.07) is 0.476. The summed E-state index contributed by atoms with van der Waals surface area (Å²) in [4.78, 5) is 4.24. The number of dihydropyridines is 1. The summed E-state index contributed by atoms with van der Waals surface area (Å²) < 4.78 is 0. The van der Waals surface area contributed by atoms with Gasteiger partial charge in [-0.15, -0.1) is 0 Å². The van der Waals surface area contributed by atoms with Crippen LogP contribution >= 0.6 is 0 Å². The van der Waals surface area contributed by atoms with E-state index in [9.17, 15) is 0 Å². The summed E-state index contributed by atoms with van der Waals surface area (Å²) in [7, 11) is 0. The molecular formula is C7H11N. The van der Waals surface area contributed by atoms with E-state index in [4.69, 9.17) is 0 Å². The Morgan fingerprint density at radius 3 is 3.00 bits per heavy atom. The second-order valence-electron chi connectivity index (χ2n) is 1.97. The van der Waals surface area contributed by atoms with Crippen LogP contribution in [0.1, 0.15) is 19.8 Å². The van der Waals surface area contributed by atoms with E-state index < -0.39 is 0 Å². The largest absolute Gasteiger partial charge is 0.290 e. The Morgan fingerprint density at radius 2 is 2.62 bits per heavy atom. The second kappa shape index (κ2) is 2.65. The SMILES string of the molecule is CCC1C=CCC=N1. The molecule has 0 aromatic carbocycles. The average molecular weight is 109 g/mol. The van der Waals surface area contributed by atoms with Crippen molar-refractivity contribution in [1.29, 1.82) is 0 Å². The van der Waals surface area contributed by atoms with E-state index in [0.29, 0.717) is 6.04 Å². The van der Waals surface area contributed by atoms with Crippen LogP contribution < -0.4 is 0 Å². The molecule has 1 nitrogen and oxygen atoms in total. The van der Waals surface area contributed by atoms with Crippen molar-refractivity contribution in [3.8, 4) is 0 Å². The summed E-state index contributed by atoms with van der Waals surface area (Å²) in [6.07, 6.45) is 8.47. The summed E-state index contributed by atoms with van der Waals surface area (Å²) in [5.41, 5.74) is 0. The second-order valence-corrected chi connectivity index (χ2v) is 1.97. The Bertz CT molecular complexity index is 102. The fraction of sp³-hybridized carbons (Fsp3) is 0.571. The average Bonchev–Trinajstić information content (AvgIpc) is 1.90. The van der Waals surface area contributed by atoms with Crippen LogP contribution in [0.25, 0.3) is 0 Å². The predicted octanol–water partition coefficient (Wildman–Crippen LogP) is 1.80. The third-order valence-electron chi connectivity index (χ3n) is 1.31. The van der Waals surface area contributed by atoms with Gasteiger partial charge in [-0.25, -0.2) is 0 Å². The van der Waals surface area contributed by atoms with Crippen LogP contribution in [0.4, 0.5) is 0 Å². The molecule has 0 aromatic heterocycles. The molecule has 1 heterocycles. The standard InChI is InChI=1S/C7H11N/c1-2-7-5-3-4-6-8-7/h3,5-7H,2,4H2,1H3. The first-order chi connectivity index (χ1) is 3.93. The highest BCUT2D eigenvalue weighted by atomic mass is 14.8. The fourth-order valence-electron chi connectivity index (χ4n) is 0.784. The molecule has 0 saturated carbocycles. The third-order valence-corrected chi connectivity index (χ3v) is 1.31. The fourth-order valence-corrected chi connectivity index (χ4v) is 0.784. The van der Waals surface area contributed by atoms with E-state index in [0.717, 1.165) is 12.8 Å². The Morgan fingerprint density at radius 1 is 1.75 bits per heavy atom. The van der Waals surface area contributed by atoms with Crippen molar-refractivity contribution in [3.05, 3.63) is 12.2 Å². The lowest BCUT2D eigenvalue weighted by Gasteiger charge is -2.05. The topological polar surface area (TPSA) is 12.4 Å². The highest BCUT2D eigenvalue weighted by Gasteiger charge is 1.97. The summed E-state index contributed by atoms with van der Waals surface area (Å²) >= 11 is 0. The molecule has 1 heteroatoms. The van der Waals surface area contributed by atoms with Crippen LogP contribution in [0.15, 0.2) is 17.1 Å². The van der Waals surface area contributed by atoms with Gasteiger partial charge in [0.2, 0.25) is 0 Å². The number of nitrogens with zero attached hydrogens (tertiary/aromatic N) is 1. The Balaban J connectivity index is 2.42. The number of hydrogen-bond acceptors (Lipinski definition) is 1. The number of aliphatic imine (C=N–C) groups is 1. The summed E-state index contributed by atoms with van der Waals surface area (Å²) in [5.74, 6) is 0. The molecule has 1 atom stereocenters. The molecule has 0 amide bonds. The molecule has 0 radical (unpaired) electrons. The van der Waals surface area contributed by atoms with Gasteiger partial charge in [0.25, 0.3) is 0 Å². The highest BCUT2D eigenvalue weighted by molar-refractivity contribution is 5.61. The van der Waals surface area contributed by atoms with E-state index in [1.54, 1.807) is 0 Å². The molecule has 8 heavy (non-hydrogen) atoms.